The molecule has 12 atom stereocenters. The number of anilines is 1. The summed E-state index contributed by atoms with van der Waals surface area (Å²) in [4.78, 5) is 107. The van der Waals surface area contributed by atoms with E-state index < -0.39 is 134 Å². The van der Waals surface area contributed by atoms with Crippen LogP contribution in [0.1, 0.15) is 25.5 Å². The molecule has 0 saturated carbocycles. The van der Waals surface area contributed by atoms with Gasteiger partial charge in [0.25, 0.3) is 0 Å². The number of hydrogen-bond donors (Lipinski definition) is 15. The van der Waals surface area contributed by atoms with E-state index >= 15 is 0 Å². The van der Waals surface area contributed by atoms with Gasteiger partial charge in [-0.1, -0.05) is 6.08 Å². The van der Waals surface area contributed by atoms with Gasteiger partial charge in [0.1, 0.15) is 67.1 Å². The van der Waals surface area contributed by atoms with Crippen molar-refractivity contribution in [1.82, 2.24) is 35.1 Å². The standard InChI is InChI=1S/C21H30N7O17P3.C10H17N3O6S/c22-17-12-19(25-7-24-17)28(8-26-12)21-16(44-46(33,34)35)14(30)11(43-21)6-41-48(38,39)45-47(36,37)40-5-10-13(29)15(31)20(42-10)27-3-1-2-9(4-27)18(23)32;11-5(10(18)19)1-2-7(14)13-6(4-20)9(17)12-3-8(15)16/h1,3-4,7-8,10-11,13-16,20-21,29-31H,2,5-6H2,(H2,23,32)(H,36,37)(H,38,39)(H2,22,24,25)(H2,33,34,35);5-6,20H,1-4,11H2,(H,12,17)(H,13,14)(H,15,16)(H,18,19)/t10-,11-,13?,14-,15?,16-,20?,21-;/m1./s1. The zero-order chi connectivity index (χ0) is 50.9. The maximum Gasteiger partial charge on any atom is 0.481 e. The maximum atomic E-state index is 12.6. The Morgan fingerprint density at radius 3 is 2.12 bits per heavy atom. The molecule has 380 valence electrons. The van der Waals surface area contributed by atoms with Crippen LogP contribution in [0.2, 0.25) is 0 Å². The normalized spacial score (nSPS) is 26.4. The summed E-state index contributed by atoms with van der Waals surface area (Å²) in [6.07, 6.45) is -6.70. The second kappa shape index (κ2) is 23.9. The first kappa shape index (κ1) is 56.1. The summed E-state index contributed by atoms with van der Waals surface area (Å²) in [6.45, 7) is -2.59. The molecule has 2 aromatic rings. The predicted octanol–water partition coefficient (Wildman–Crippen LogP) is -4.78. The molecular formula is C31H47N10O23P3S. The van der Waals surface area contributed by atoms with Crippen molar-refractivity contribution in [3.8, 4) is 0 Å². The molecule has 37 heteroatoms. The Kier molecular flexibility index (Phi) is 19.7. The van der Waals surface area contributed by atoms with Crippen molar-refractivity contribution >= 4 is 82.7 Å². The summed E-state index contributed by atoms with van der Waals surface area (Å²) in [5.74, 6) is -4.50. The molecular weight excluding hydrogens is 1010 g/mol. The van der Waals surface area contributed by atoms with Gasteiger partial charge in [0.05, 0.1) is 19.5 Å². The summed E-state index contributed by atoms with van der Waals surface area (Å²) in [5, 5.41) is 52.9. The smallest absolute Gasteiger partial charge is 0.480 e. The number of carboxylic acid groups (broad SMARTS) is 2. The number of amides is 3. The Bertz CT molecular complexity index is 2370. The molecule has 17 N–H and O–H groups in total. The molecule has 2 aromatic heterocycles. The summed E-state index contributed by atoms with van der Waals surface area (Å²) in [6, 6.07) is -2.15. The number of fused-ring (bicyclic) bond motifs is 1. The Hall–Kier alpha value is -4.54. The topological polar surface area (TPSA) is 523 Å². The number of phosphoric acid groups is 3. The number of aliphatic carboxylic acids is 2. The predicted molar refractivity (Wildman–Crippen MR) is 224 cm³/mol. The maximum absolute atomic E-state index is 12.6. The fourth-order valence-corrected chi connectivity index (χ4v) is 8.98. The van der Waals surface area contributed by atoms with Gasteiger partial charge in [0.2, 0.25) is 17.7 Å². The van der Waals surface area contributed by atoms with E-state index in [1.54, 1.807) is 0 Å². The van der Waals surface area contributed by atoms with E-state index in [1.807, 2.05) is 0 Å². The summed E-state index contributed by atoms with van der Waals surface area (Å²) in [7, 11) is -16.3. The highest BCUT2D eigenvalue weighted by Gasteiger charge is 2.51. The molecule has 7 unspecified atom stereocenters. The number of nitrogens with two attached hydrogens (primary N) is 3. The van der Waals surface area contributed by atoms with Crippen LogP contribution >= 0.6 is 36.1 Å². The highest BCUT2D eigenvalue weighted by molar-refractivity contribution is 7.80. The summed E-state index contributed by atoms with van der Waals surface area (Å²) in [5.41, 5.74) is 16.5. The zero-order valence-electron chi connectivity index (χ0n) is 34.6. The number of nitrogen functional groups attached to an aromatic ring is 1. The Morgan fingerprint density at radius 2 is 1.54 bits per heavy atom. The van der Waals surface area contributed by atoms with Crippen molar-refractivity contribution in [2.24, 2.45) is 11.5 Å². The Morgan fingerprint density at radius 1 is 0.926 bits per heavy atom. The van der Waals surface area contributed by atoms with E-state index in [-0.39, 0.29) is 47.6 Å². The number of carbonyl (C=O) groups is 5. The van der Waals surface area contributed by atoms with Crippen molar-refractivity contribution in [2.75, 3.05) is 31.2 Å². The third-order valence-corrected chi connectivity index (χ3v) is 12.8. The van der Waals surface area contributed by atoms with Crippen LogP contribution in [-0.4, -0.2) is 180 Å². The molecule has 3 aliphatic heterocycles. The van der Waals surface area contributed by atoms with E-state index in [0.717, 1.165) is 17.2 Å². The van der Waals surface area contributed by atoms with Gasteiger partial charge >= 0.3 is 35.4 Å². The number of phosphoric ester groups is 3. The van der Waals surface area contributed by atoms with E-state index in [2.05, 4.69) is 47.0 Å². The van der Waals surface area contributed by atoms with Crippen LogP contribution in [0.4, 0.5) is 5.82 Å². The largest absolute Gasteiger partial charge is 0.481 e. The monoisotopic (exact) mass is 1050 g/mol. The number of aromatic nitrogens is 4. The molecule has 3 amide bonds. The van der Waals surface area contributed by atoms with Gasteiger partial charge in [-0.15, -0.1) is 0 Å². The number of nitrogens with zero attached hydrogens (tertiary/aromatic N) is 5. The van der Waals surface area contributed by atoms with Gasteiger partial charge in [0, 0.05) is 30.1 Å². The van der Waals surface area contributed by atoms with E-state index in [9.17, 15) is 72.6 Å². The highest BCUT2D eigenvalue weighted by atomic mass is 32.1. The van der Waals surface area contributed by atoms with Crippen molar-refractivity contribution in [3.05, 3.63) is 36.7 Å². The molecule has 68 heavy (non-hydrogen) atoms. The molecule has 3 aliphatic rings. The average Bonchev–Trinajstić information content (AvgIpc) is 3.91. The van der Waals surface area contributed by atoms with Crippen LogP contribution in [-0.2, 0) is 65.0 Å². The minimum absolute atomic E-state index is 0.00424. The number of aliphatic hydroxyl groups is 3. The molecule has 33 nitrogen and oxygen atoms in total. The number of hydrogen-bond acceptors (Lipinski definition) is 24. The minimum Gasteiger partial charge on any atom is -0.480 e. The molecule has 5 rings (SSSR count). The third-order valence-electron chi connectivity index (χ3n) is 9.36. The van der Waals surface area contributed by atoms with Gasteiger partial charge < -0.3 is 87.3 Å². The lowest BCUT2D eigenvalue weighted by molar-refractivity contribution is -0.139. The lowest BCUT2D eigenvalue weighted by atomic mass is 10.1. The number of thiol groups is 1. The van der Waals surface area contributed by atoms with Gasteiger partial charge in [-0.2, -0.15) is 16.9 Å². The highest BCUT2D eigenvalue weighted by Crippen LogP contribution is 2.61. The second-order valence-corrected chi connectivity index (χ2v) is 18.9. The van der Waals surface area contributed by atoms with Crippen LogP contribution in [0.25, 0.3) is 11.2 Å². The fraction of sp³-hybridized carbons (Fsp3) is 0.548. The number of ether oxygens (including phenoxy) is 2. The second-order valence-electron chi connectivity index (χ2n) is 14.3. The van der Waals surface area contributed by atoms with Crippen molar-refractivity contribution in [3.63, 3.8) is 0 Å². The molecule has 2 fully saturated rings. The first-order valence-corrected chi connectivity index (χ1v) is 24.3. The van der Waals surface area contributed by atoms with E-state index in [4.69, 9.17) is 45.9 Å². The SMILES string of the molecule is NC(=O)C1=CN(C2O[C@H](COP(=O)(O)OP(=O)(O)OC[C@H]3O[C@@H](n4cnc5c(N)ncnc54)[C@H](OP(=O)(O)O)[C@@H]3O)C(O)C2O)C=CC1.NC(CCC(=O)NC(CS)C(=O)NCC(=O)O)C(=O)O. The van der Waals surface area contributed by atoms with E-state index in [1.165, 1.54) is 23.4 Å². The lowest BCUT2D eigenvalue weighted by Gasteiger charge is -2.28. The number of rotatable bonds is 22. The van der Waals surface area contributed by atoms with Crippen molar-refractivity contribution < 1.29 is 110 Å². The van der Waals surface area contributed by atoms with Gasteiger partial charge in [0.15, 0.2) is 23.9 Å². The quantitative estimate of drug-likeness (QED) is 0.0389. The minimum atomic E-state index is -5.52. The number of carbonyl (C=O) groups excluding carboxylic acids is 3. The van der Waals surface area contributed by atoms with Crippen molar-refractivity contribution in [1.29, 1.82) is 0 Å². The first-order chi connectivity index (χ1) is 31.6. The van der Waals surface area contributed by atoms with Crippen LogP contribution < -0.4 is 27.8 Å². The van der Waals surface area contributed by atoms with Crippen LogP contribution in [0, 0.1) is 0 Å². The number of allylic oxidation sites excluding steroid dienone is 1. The van der Waals surface area contributed by atoms with Crippen LogP contribution in [0.5, 0.6) is 0 Å². The van der Waals surface area contributed by atoms with E-state index in [0.29, 0.717) is 0 Å². The molecule has 2 saturated heterocycles. The number of primary amides is 1. The fourth-order valence-electron chi connectivity index (χ4n) is 6.09. The number of nitrogens with one attached hydrogen (secondary N) is 2. The Balaban J connectivity index is 0.000000425. The van der Waals surface area contributed by atoms with Gasteiger partial charge in [-0.3, -0.25) is 42.1 Å². The summed E-state index contributed by atoms with van der Waals surface area (Å²) < 4.78 is 67.2. The van der Waals surface area contributed by atoms with Gasteiger partial charge in [-0.05, 0) is 12.8 Å². The zero-order valence-corrected chi connectivity index (χ0v) is 38.2. The van der Waals surface area contributed by atoms with Crippen LogP contribution in [0.3, 0.4) is 0 Å². The van der Waals surface area contributed by atoms with Crippen LogP contribution in [0.15, 0.2) is 36.7 Å². The molecule has 0 radical (unpaired) electrons. The third kappa shape index (κ3) is 15.7. The van der Waals surface area contributed by atoms with Gasteiger partial charge in [-0.25, -0.2) is 28.6 Å². The molecule has 5 heterocycles. The number of aliphatic hydroxyl groups excluding tert-OH is 3. The number of carboxylic acids is 2. The summed E-state index contributed by atoms with van der Waals surface area (Å²) >= 11 is 3.87. The molecule has 0 aliphatic carbocycles. The lowest BCUT2D eigenvalue weighted by Crippen LogP contribution is -2.49. The average molecular weight is 1050 g/mol. The Labute approximate surface area is 387 Å². The number of imidazole rings is 1. The molecule has 0 spiro atoms. The first-order valence-electron chi connectivity index (χ1n) is 19.1. The molecule has 0 bridgehead atoms. The molecule has 0 aromatic carbocycles. The van der Waals surface area contributed by atoms with Crippen molar-refractivity contribution in [2.45, 2.75) is 80.4 Å².